The second-order valence-corrected chi connectivity index (χ2v) is 7.36. The molecule has 27 heavy (non-hydrogen) atoms. The molecule has 3 rings (SSSR count). The summed E-state index contributed by atoms with van der Waals surface area (Å²) in [6.07, 6.45) is 5.53. The first-order chi connectivity index (χ1) is 13.2. The SMILES string of the molecule is C=CC(C(OCC)c1ccc(O)cc1)N1CCC(Cc2ccccc2)CC1. The molecule has 1 fully saturated rings. The van der Waals surface area contributed by atoms with Crippen molar-refractivity contribution < 1.29 is 9.84 Å². The molecular formula is C24H31NO2. The van der Waals surface area contributed by atoms with Gasteiger partial charge in [-0.15, -0.1) is 6.58 Å². The van der Waals surface area contributed by atoms with Crippen molar-refractivity contribution in [1.82, 2.24) is 4.90 Å². The molecule has 0 aliphatic carbocycles. The Labute approximate surface area is 163 Å². The van der Waals surface area contributed by atoms with Gasteiger partial charge in [-0.3, -0.25) is 4.90 Å². The third-order valence-corrected chi connectivity index (χ3v) is 5.56. The van der Waals surface area contributed by atoms with E-state index >= 15 is 0 Å². The maximum atomic E-state index is 9.59. The minimum Gasteiger partial charge on any atom is -0.508 e. The molecule has 1 saturated heterocycles. The molecule has 3 nitrogen and oxygen atoms in total. The monoisotopic (exact) mass is 365 g/mol. The summed E-state index contributed by atoms with van der Waals surface area (Å²) in [6.45, 7) is 8.91. The molecule has 2 atom stereocenters. The number of hydrogen-bond acceptors (Lipinski definition) is 3. The average molecular weight is 366 g/mol. The van der Waals surface area contributed by atoms with Gasteiger partial charge in [0.25, 0.3) is 0 Å². The molecule has 2 unspecified atom stereocenters. The maximum absolute atomic E-state index is 9.59. The Kier molecular flexibility index (Phi) is 7.08. The predicted molar refractivity (Wildman–Crippen MR) is 111 cm³/mol. The Morgan fingerprint density at radius 3 is 2.37 bits per heavy atom. The molecule has 2 aromatic rings. The average Bonchev–Trinajstić information content (AvgIpc) is 2.71. The lowest BCUT2D eigenvalue weighted by Crippen LogP contribution is -2.44. The number of nitrogens with zero attached hydrogens (tertiary/aromatic N) is 1. The number of piperidine rings is 1. The Morgan fingerprint density at radius 2 is 1.78 bits per heavy atom. The van der Waals surface area contributed by atoms with Crippen LogP contribution < -0.4 is 0 Å². The van der Waals surface area contributed by atoms with Gasteiger partial charge < -0.3 is 9.84 Å². The molecular weight excluding hydrogens is 334 g/mol. The maximum Gasteiger partial charge on any atom is 0.115 e. The molecule has 1 N–H and O–H groups in total. The van der Waals surface area contributed by atoms with Gasteiger partial charge >= 0.3 is 0 Å². The quantitative estimate of drug-likeness (QED) is 0.670. The Morgan fingerprint density at radius 1 is 1.11 bits per heavy atom. The van der Waals surface area contributed by atoms with Crippen LogP contribution in [0.3, 0.4) is 0 Å². The normalized spacial score (nSPS) is 18.1. The van der Waals surface area contributed by atoms with Gasteiger partial charge in [0.15, 0.2) is 0 Å². The summed E-state index contributed by atoms with van der Waals surface area (Å²) in [5.74, 6) is 1.03. The van der Waals surface area contributed by atoms with Crippen molar-refractivity contribution in [3.8, 4) is 5.75 Å². The number of ether oxygens (including phenoxy) is 1. The Bertz CT molecular complexity index is 690. The standard InChI is InChI=1S/C24H31NO2/c1-3-23(24(27-4-2)21-10-12-22(26)13-11-21)25-16-14-20(15-17-25)18-19-8-6-5-7-9-19/h3,5-13,20,23-24,26H,1,4,14-18H2,2H3. The zero-order valence-corrected chi connectivity index (χ0v) is 16.3. The van der Waals surface area contributed by atoms with Crippen LogP contribution in [0.5, 0.6) is 5.75 Å². The summed E-state index contributed by atoms with van der Waals surface area (Å²) in [4.78, 5) is 2.50. The van der Waals surface area contributed by atoms with Crippen LogP contribution >= 0.6 is 0 Å². The third kappa shape index (κ3) is 5.21. The highest BCUT2D eigenvalue weighted by Crippen LogP contribution is 2.31. The van der Waals surface area contributed by atoms with Gasteiger partial charge in [-0.25, -0.2) is 0 Å². The first-order valence-electron chi connectivity index (χ1n) is 10.0. The van der Waals surface area contributed by atoms with Gasteiger partial charge in [0, 0.05) is 6.61 Å². The highest BCUT2D eigenvalue weighted by molar-refractivity contribution is 5.29. The number of benzene rings is 2. The van der Waals surface area contributed by atoms with Gasteiger partial charge in [-0.05, 0) is 68.5 Å². The molecule has 0 bridgehead atoms. The highest BCUT2D eigenvalue weighted by Gasteiger charge is 2.30. The summed E-state index contributed by atoms with van der Waals surface area (Å²) in [5, 5.41) is 9.59. The fourth-order valence-electron chi connectivity index (χ4n) is 4.10. The summed E-state index contributed by atoms with van der Waals surface area (Å²) < 4.78 is 6.10. The number of hydrogen-bond donors (Lipinski definition) is 1. The minimum atomic E-state index is -0.0567. The number of phenols is 1. The second kappa shape index (κ2) is 9.72. The zero-order valence-electron chi connectivity index (χ0n) is 16.3. The van der Waals surface area contributed by atoms with E-state index < -0.39 is 0 Å². The first-order valence-corrected chi connectivity index (χ1v) is 10.0. The van der Waals surface area contributed by atoms with Crippen molar-refractivity contribution in [3.05, 3.63) is 78.4 Å². The van der Waals surface area contributed by atoms with Gasteiger partial charge in [-0.2, -0.15) is 0 Å². The van der Waals surface area contributed by atoms with Crippen LogP contribution in [0.1, 0.15) is 37.0 Å². The molecule has 0 saturated carbocycles. The Balaban J connectivity index is 1.64. The van der Waals surface area contributed by atoms with Crippen molar-refractivity contribution in [2.75, 3.05) is 19.7 Å². The molecule has 0 radical (unpaired) electrons. The predicted octanol–water partition coefficient (Wildman–Crippen LogP) is 4.98. The fourth-order valence-corrected chi connectivity index (χ4v) is 4.10. The molecule has 1 aliphatic heterocycles. The van der Waals surface area contributed by atoms with Crippen LogP contribution in [0.25, 0.3) is 0 Å². The summed E-state index contributed by atoms with van der Waals surface area (Å²) in [5.41, 5.74) is 2.53. The molecule has 1 heterocycles. The minimum absolute atomic E-state index is 0.0567. The smallest absolute Gasteiger partial charge is 0.115 e. The van der Waals surface area contributed by atoms with Crippen molar-refractivity contribution in [2.24, 2.45) is 5.92 Å². The second-order valence-electron chi connectivity index (χ2n) is 7.36. The van der Waals surface area contributed by atoms with E-state index in [-0.39, 0.29) is 17.9 Å². The van der Waals surface area contributed by atoms with Crippen molar-refractivity contribution >= 4 is 0 Å². The van der Waals surface area contributed by atoms with E-state index in [9.17, 15) is 5.11 Å². The van der Waals surface area contributed by atoms with E-state index in [1.165, 1.54) is 24.8 Å². The van der Waals surface area contributed by atoms with Crippen LogP contribution in [0.2, 0.25) is 0 Å². The Hall–Kier alpha value is -2.10. The van der Waals surface area contributed by atoms with Crippen LogP contribution in [0.4, 0.5) is 0 Å². The van der Waals surface area contributed by atoms with E-state index in [1.54, 1.807) is 12.1 Å². The van der Waals surface area contributed by atoms with E-state index in [4.69, 9.17) is 4.74 Å². The number of likely N-dealkylation sites (tertiary alicyclic amines) is 1. The van der Waals surface area contributed by atoms with E-state index in [1.807, 2.05) is 25.1 Å². The molecule has 144 valence electrons. The number of rotatable bonds is 8. The van der Waals surface area contributed by atoms with E-state index in [2.05, 4.69) is 41.8 Å². The topological polar surface area (TPSA) is 32.7 Å². The van der Waals surface area contributed by atoms with Crippen LogP contribution in [-0.4, -0.2) is 35.7 Å². The fraction of sp³-hybridized carbons (Fsp3) is 0.417. The van der Waals surface area contributed by atoms with E-state index in [0.29, 0.717) is 6.61 Å². The molecule has 2 aromatic carbocycles. The molecule has 0 spiro atoms. The first kappa shape index (κ1) is 19.7. The molecule has 1 aliphatic rings. The van der Waals surface area contributed by atoms with Crippen molar-refractivity contribution in [3.63, 3.8) is 0 Å². The number of phenolic OH excluding ortho intramolecular Hbond substituents is 1. The van der Waals surface area contributed by atoms with Gasteiger partial charge in [0.1, 0.15) is 11.9 Å². The van der Waals surface area contributed by atoms with Gasteiger partial charge in [-0.1, -0.05) is 48.5 Å². The van der Waals surface area contributed by atoms with Gasteiger partial charge in [0.2, 0.25) is 0 Å². The lowest BCUT2D eigenvalue weighted by atomic mass is 9.88. The lowest BCUT2D eigenvalue weighted by molar-refractivity contribution is -0.00401. The van der Waals surface area contributed by atoms with Crippen molar-refractivity contribution in [1.29, 1.82) is 0 Å². The van der Waals surface area contributed by atoms with Crippen LogP contribution in [-0.2, 0) is 11.2 Å². The molecule has 3 heteroatoms. The van der Waals surface area contributed by atoms with E-state index in [0.717, 1.165) is 24.6 Å². The number of aromatic hydroxyl groups is 1. The third-order valence-electron chi connectivity index (χ3n) is 5.56. The molecule has 0 amide bonds. The van der Waals surface area contributed by atoms with Crippen LogP contribution in [0.15, 0.2) is 67.3 Å². The summed E-state index contributed by atoms with van der Waals surface area (Å²) in [7, 11) is 0. The van der Waals surface area contributed by atoms with Crippen molar-refractivity contribution in [2.45, 2.75) is 38.3 Å². The highest BCUT2D eigenvalue weighted by atomic mass is 16.5. The van der Waals surface area contributed by atoms with Gasteiger partial charge in [0.05, 0.1) is 6.04 Å². The van der Waals surface area contributed by atoms with Crippen LogP contribution in [0, 0.1) is 5.92 Å². The lowest BCUT2D eigenvalue weighted by Gasteiger charge is -2.39. The zero-order chi connectivity index (χ0) is 19.1. The summed E-state index contributed by atoms with van der Waals surface area (Å²) >= 11 is 0. The summed E-state index contributed by atoms with van der Waals surface area (Å²) in [6, 6.07) is 18.3. The molecule has 0 aromatic heterocycles. The largest absolute Gasteiger partial charge is 0.508 e.